The van der Waals surface area contributed by atoms with E-state index >= 15 is 0 Å². The number of nitriles is 1. The lowest BCUT2D eigenvalue weighted by atomic mass is 9.80. The molecule has 0 bridgehead atoms. The van der Waals surface area contributed by atoms with E-state index < -0.39 is 14.1 Å². The summed E-state index contributed by atoms with van der Waals surface area (Å²) in [6.07, 6.45) is 3.34. The lowest BCUT2D eigenvalue weighted by Crippen LogP contribution is -2.37. The van der Waals surface area contributed by atoms with Crippen molar-refractivity contribution in [2.75, 3.05) is 27.4 Å². The van der Waals surface area contributed by atoms with Crippen molar-refractivity contribution in [3.63, 3.8) is 0 Å². The predicted octanol–water partition coefficient (Wildman–Crippen LogP) is 8.47. The van der Waals surface area contributed by atoms with Gasteiger partial charge in [-0.1, -0.05) is 61.0 Å². The van der Waals surface area contributed by atoms with Crippen molar-refractivity contribution < 1.29 is 23.3 Å². The lowest BCUT2D eigenvalue weighted by molar-refractivity contribution is -0.0275. The Morgan fingerprint density at radius 2 is 1.36 bits per heavy atom. The van der Waals surface area contributed by atoms with Crippen LogP contribution in [-0.4, -0.2) is 50.3 Å². The quantitative estimate of drug-likeness (QED) is 0.0906. The molecule has 0 heterocycles. The zero-order chi connectivity index (χ0) is 31.5. The molecule has 0 aromatic heterocycles. The van der Waals surface area contributed by atoms with Gasteiger partial charge in [0, 0.05) is 18.0 Å². The van der Waals surface area contributed by atoms with Crippen molar-refractivity contribution in [1.82, 2.24) is 4.67 Å². The third-order valence-electron chi connectivity index (χ3n) is 8.16. The number of methoxy groups -OCH3 is 2. The maximum atomic E-state index is 9.14. The van der Waals surface area contributed by atoms with Gasteiger partial charge in [0.1, 0.15) is 17.1 Å². The average molecular weight is 619 g/mol. The molecule has 236 valence electrons. The Kier molecular flexibility index (Phi) is 12.6. The molecule has 0 saturated heterocycles. The minimum atomic E-state index is -1.34. The number of hydrogen-bond donors (Lipinski definition) is 0. The van der Waals surface area contributed by atoms with Crippen LogP contribution in [0.25, 0.3) is 0 Å². The fourth-order valence-corrected chi connectivity index (χ4v) is 7.86. The third-order valence-corrected chi connectivity index (χ3v) is 10.3. The van der Waals surface area contributed by atoms with Gasteiger partial charge in [-0.25, -0.2) is 4.67 Å². The number of benzene rings is 3. The molecule has 0 radical (unpaired) electrons. The molecular weight excluding hydrogens is 571 g/mol. The van der Waals surface area contributed by atoms with Crippen LogP contribution in [0.1, 0.15) is 70.1 Å². The van der Waals surface area contributed by atoms with Gasteiger partial charge in [0.25, 0.3) is 8.53 Å². The Morgan fingerprint density at radius 3 is 1.86 bits per heavy atom. The van der Waals surface area contributed by atoms with Crippen LogP contribution in [0.15, 0.2) is 78.9 Å². The van der Waals surface area contributed by atoms with Crippen LogP contribution in [0.5, 0.6) is 11.5 Å². The summed E-state index contributed by atoms with van der Waals surface area (Å²) in [7, 11) is 2.02. The summed E-state index contributed by atoms with van der Waals surface area (Å²) in [6.45, 7) is 9.53. The van der Waals surface area contributed by atoms with E-state index in [1.54, 1.807) is 14.2 Å². The summed E-state index contributed by atoms with van der Waals surface area (Å²) in [5, 5.41) is 9.14. The number of hydrogen-bond acceptors (Lipinski definition) is 7. The lowest BCUT2D eigenvalue weighted by Gasteiger charge is -2.39. The maximum Gasteiger partial charge on any atom is 0.259 e. The minimum Gasteiger partial charge on any atom is -0.497 e. The van der Waals surface area contributed by atoms with E-state index in [1.807, 2.05) is 30.3 Å². The van der Waals surface area contributed by atoms with Crippen LogP contribution in [0.4, 0.5) is 0 Å². The van der Waals surface area contributed by atoms with Crippen molar-refractivity contribution in [3.8, 4) is 17.6 Å². The van der Waals surface area contributed by atoms with Crippen molar-refractivity contribution in [2.45, 2.75) is 77.2 Å². The summed E-state index contributed by atoms with van der Waals surface area (Å²) >= 11 is 0. The molecular formula is C36H47N2O5P. The van der Waals surface area contributed by atoms with E-state index in [1.165, 1.54) is 0 Å². The summed E-state index contributed by atoms with van der Waals surface area (Å²) in [5.41, 5.74) is 2.19. The molecule has 3 aromatic rings. The zero-order valence-corrected chi connectivity index (χ0v) is 27.8. The van der Waals surface area contributed by atoms with Gasteiger partial charge in [-0.15, -0.1) is 0 Å². The van der Waals surface area contributed by atoms with E-state index in [0.29, 0.717) is 19.6 Å². The fraction of sp³-hybridized carbons (Fsp3) is 0.472. The Balaban J connectivity index is 1.69. The van der Waals surface area contributed by atoms with E-state index in [4.69, 9.17) is 28.5 Å². The first kappa shape index (κ1) is 33.9. The fourth-order valence-electron chi connectivity index (χ4n) is 6.05. The molecule has 4 rings (SSSR count). The first-order chi connectivity index (χ1) is 21.3. The van der Waals surface area contributed by atoms with Gasteiger partial charge in [0.2, 0.25) is 0 Å². The molecule has 0 N–H and O–H groups in total. The molecule has 1 saturated carbocycles. The SMILES string of the molecule is COc1ccc(C(OC[C@H]2CCC[C@@H]2OP(OCCC#N)N(C(C)C)C(C)C)(c2ccccc2)c2ccc(OC)cc2)cc1. The smallest absolute Gasteiger partial charge is 0.259 e. The van der Waals surface area contributed by atoms with Crippen molar-refractivity contribution >= 4 is 8.53 Å². The molecule has 3 atom stereocenters. The predicted molar refractivity (Wildman–Crippen MR) is 176 cm³/mol. The molecule has 0 aliphatic heterocycles. The first-order valence-corrected chi connectivity index (χ1v) is 16.7. The van der Waals surface area contributed by atoms with Gasteiger partial charge in [-0.2, -0.15) is 5.26 Å². The number of nitrogens with zero attached hydrogens (tertiary/aromatic N) is 2. The third kappa shape index (κ3) is 7.99. The van der Waals surface area contributed by atoms with Gasteiger partial charge < -0.3 is 23.3 Å². The molecule has 1 aliphatic rings. The van der Waals surface area contributed by atoms with E-state index in [2.05, 4.69) is 87.0 Å². The normalized spacial score (nSPS) is 17.6. The molecule has 1 fully saturated rings. The van der Waals surface area contributed by atoms with Crippen molar-refractivity contribution in [3.05, 3.63) is 95.6 Å². The van der Waals surface area contributed by atoms with Crippen molar-refractivity contribution in [2.24, 2.45) is 5.92 Å². The highest BCUT2D eigenvalue weighted by Crippen LogP contribution is 2.51. The number of ether oxygens (including phenoxy) is 3. The van der Waals surface area contributed by atoms with Crippen LogP contribution < -0.4 is 9.47 Å². The summed E-state index contributed by atoms with van der Waals surface area (Å²) < 4.78 is 33.6. The van der Waals surface area contributed by atoms with Crippen LogP contribution in [0.2, 0.25) is 0 Å². The van der Waals surface area contributed by atoms with E-state index in [-0.39, 0.29) is 24.1 Å². The zero-order valence-electron chi connectivity index (χ0n) is 26.9. The molecule has 0 amide bonds. The Hall–Kier alpha value is -2.98. The van der Waals surface area contributed by atoms with Gasteiger partial charge in [-0.05, 0) is 81.5 Å². The van der Waals surface area contributed by atoms with Gasteiger partial charge in [0.05, 0.1) is 46.0 Å². The number of rotatable bonds is 16. The molecule has 3 aromatic carbocycles. The summed E-state index contributed by atoms with van der Waals surface area (Å²) in [5.74, 6) is 1.76. The monoisotopic (exact) mass is 618 g/mol. The maximum absolute atomic E-state index is 9.14. The minimum absolute atomic E-state index is 0.0107. The van der Waals surface area contributed by atoms with E-state index in [0.717, 1.165) is 47.5 Å². The molecule has 8 heteroatoms. The average Bonchev–Trinajstić information content (AvgIpc) is 3.49. The molecule has 44 heavy (non-hydrogen) atoms. The summed E-state index contributed by atoms with van der Waals surface area (Å²) in [6, 6.07) is 29.4. The second-order valence-corrected chi connectivity index (χ2v) is 13.1. The molecule has 0 spiro atoms. The van der Waals surface area contributed by atoms with Gasteiger partial charge in [0.15, 0.2) is 0 Å². The van der Waals surface area contributed by atoms with E-state index in [9.17, 15) is 0 Å². The van der Waals surface area contributed by atoms with Gasteiger partial charge >= 0.3 is 0 Å². The molecule has 1 aliphatic carbocycles. The summed E-state index contributed by atoms with van der Waals surface area (Å²) in [4.78, 5) is 0. The Bertz CT molecular complexity index is 1260. The highest BCUT2D eigenvalue weighted by atomic mass is 31.2. The standard InChI is InChI=1S/C36H47N2O5P/c1-27(2)38(28(3)4)44(42-25-11-24-37)43-35-15-10-12-29(35)26-41-36(30-13-8-7-9-14-30,31-16-20-33(39-5)21-17-31)32-18-22-34(40-6)23-19-32/h7-9,13-14,16-23,27-29,35H,10-12,15,25-26H2,1-6H3/t29-,35+,44?/m1/s1. The van der Waals surface area contributed by atoms with Crippen LogP contribution in [-0.2, 0) is 19.4 Å². The molecule has 1 unspecified atom stereocenters. The Morgan fingerprint density at radius 1 is 0.818 bits per heavy atom. The van der Waals surface area contributed by atoms with Gasteiger partial charge in [-0.3, -0.25) is 0 Å². The second kappa shape index (κ2) is 16.4. The second-order valence-electron chi connectivity index (χ2n) is 11.7. The van der Waals surface area contributed by atoms with Crippen LogP contribution in [0, 0.1) is 17.2 Å². The topological polar surface area (TPSA) is 73.2 Å². The van der Waals surface area contributed by atoms with Crippen molar-refractivity contribution in [1.29, 1.82) is 5.26 Å². The highest BCUT2D eigenvalue weighted by Gasteiger charge is 2.41. The van der Waals surface area contributed by atoms with Crippen LogP contribution >= 0.6 is 8.53 Å². The largest absolute Gasteiger partial charge is 0.497 e. The highest BCUT2D eigenvalue weighted by molar-refractivity contribution is 7.44. The molecule has 7 nitrogen and oxygen atoms in total. The Labute approximate surface area is 265 Å². The first-order valence-electron chi connectivity index (χ1n) is 15.6. The van der Waals surface area contributed by atoms with Crippen LogP contribution in [0.3, 0.4) is 0 Å².